The first-order valence-electron chi connectivity index (χ1n) is 11.3. The van der Waals surface area contributed by atoms with E-state index in [1.54, 1.807) is 24.5 Å². The van der Waals surface area contributed by atoms with Gasteiger partial charge in [0.25, 0.3) is 0 Å². The van der Waals surface area contributed by atoms with Crippen LogP contribution < -0.4 is 5.32 Å². The molecule has 35 heavy (non-hydrogen) atoms. The van der Waals surface area contributed by atoms with Crippen molar-refractivity contribution in [3.63, 3.8) is 0 Å². The number of rotatable bonds is 6. The number of hydrogen-bond donors (Lipinski definition) is 2. The van der Waals surface area contributed by atoms with E-state index >= 15 is 0 Å². The Hall–Kier alpha value is -4.04. The molecule has 1 aliphatic rings. The molecule has 1 saturated heterocycles. The van der Waals surface area contributed by atoms with Crippen LogP contribution in [0.5, 0.6) is 0 Å². The summed E-state index contributed by atoms with van der Waals surface area (Å²) in [7, 11) is 0. The quantitative estimate of drug-likeness (QED) is 0.383. The fourth-order valence-electron chi connectivity index (χ4n) is 4.89. The molecule has 4 heterocycles. The number of pyridine rings is 2. The van der Waals surface area contributed by atoms with Crippen molar-refractivity contribution in [1.29, 1.82) is 0 Å². The highest BCUT2D eigenvalue weighted by molar-refractivity contribution is 7.80. The number of nitrogens with one attached hydrogen (secondary N) is 1. The lowest BCUT2D eigenvalue weighted by molar-refractivity contribution is 0.0697. The molecule has 8 heteroatoms. The molecular formula is C27H25N5O2S. The minimum Gasteiger partial charge on any atom is -0.478 e. The Kier molecular flexibility index (Phi) is 6.05. The van der Waals surface area contributed by atoms with E-state index in [1.165, 1.54) is 0 Å². The number of aromatic carboxylic acids is 1. The van der Waals surface area contributed by atoms with Gasteiger partial charge in [-0.25, -0.2) is 4.79 Å². The van der Waals surface area contributed by atoms with Crippen molar-refractivity contribution < 1.29 is 9.90 Å². The molecule has 0 spiro atoms. The van der Waals surface area contributed by atoms with E-state index in [0.717, 1.165) is 28.3 Å². The molecule has 0 bridgehead atoms. The number of nitrogens with zero attached hydrogens (tertiary/aromatic N) is 4. The number of carbonyl (C=O) groups is 1. The number of hydrogen-bond acceptors (Lipinski definition) is 4. The molecule has 1 fully saturated rings. The number of para-hydroxylation sites is 1. The van der Waals surface area contributed by atoms with Crippen LogP contribution in [0, 0.1) is 13.8 Å². The van der Waals surface area contributed by atoms with E-state index < -0.39 is 5.97 Å². The molecule has 3 aromatic heterocycles. The molecule has 0 aliphatic carbocycles. The van der Waals surface area contributed by atoms with Gasteiger partial charge in [0.1, 0.15) is 0 Å². The van der Waals surface area contributed by atoms with Crippen LogP contribution in [0.3, 0.4) is 0 Å². The van der Waals surface area contributed by atoms with Crippen LogP contribution >= 0.6 is 12.2 Å². The van der Waals surface area contributed by atoms with Gasteiger partial charge in [0.15, 0.2) is 5.11 Å². The SMILES string of the molecule is Cc1cc([C@H]2[C@H](c3ccccn3)NC(=S)N2Cc2ccccn2)c(C)n1-c1ccccc1C(=O)O. The first-order chi connectivity index (χ1) is 17.0. The van der Waals surface area contributed by atoms with Gasteiger partial charge >= 0.3 is 5.97 Å². The molecule has 0 amide bonds. The lowest BCUT2D eigenvalue weighted by Gasteiger charge is -2.28. The first-order valence-corrected chi connectivity index (χ1v) is 11.8. The average molecular weight is 484 g/mol. The Balaban J connectivity index is 1.65. The number of aryl methyl sites for hydroxylation is 1. The van der Waals surface area contributed by atoms with Crippen molar-refractivity contribution >= 4 is 23.3 Å². The Morgan fingerprint density at radius 1 is 1.03 bits per heavy atom. The van der Waals surface area contributed by atoms with Gasteiger partial charge in [-0.15, -0.1) is 0 Å². The highest BCUT2D eigenvalue weighted by atomic mass is 32.1. The number of aromatic nitrogens is 3. The van der Waals surface area contributed by atoms with Crippen molar-refractivity contribution in [2.24, 2.45) is 0 Å². The van der Waals surface area contributed by atoms with E-state index in [-0.39, 0.29) is 17.6 Å². The van der Waals surface area contributed by atoms with Crippen LogP contribution in [0.15, 0.2) is 79.1 Å². The summed E-state index contributed by atoms with van der Waals surface area (Å²) in [5.74, 6) is -0.957. The summed E-state index contributed by atoms with van der Waals surface area (Å²) in [6, 6.07) is 20.6. The van der Waals surface area contributed by atoms with Gasteiger partial charge in [-0.1, -0.05) is 24.3 Å². The van der Waals surface area contributed by atoms with Gasteiger partial charge in [-0.2, -0.15) is 0 Å². The number of carboxylic acids is 1. The maximum absolute atomic E-state index is 12.0. The molecule has 176 valence electrons. The largest absolute Gasteiger partial charge is 0.478 e. The third kappa shape index (κ3) is 4.17. The van der Waals surface area contributed by atoms with Crippen molar-refractivity contribution in [3.05, 3.63) is 113 Å². The molecule has 5 rings (SSSR count). The van der Waals surface area contributed by atoms with Crippen molar-refractivity contribution in [1.82, 2.24) is 24.8 Å². The van der Waals surface area contributed by atoms with Crippen LogP contribution in [0.1, 0.15) is 50.8 Å². The molecule has 2 N–H and O–H groups in total. The number of thiocarbonyl (C=S) groups is 1. The van der Waals surface area contributed by atoms with Crippen molar-refractivity contribution in [2.75, 3.05) is 0 Å². The molecule has 0 radical (unpaired) electrons. The summed E-state index contributed by atoms with van der Waals surface area (Å²) in [5.41, 5.74) is 5.66. The lowest BCUT2D eigenvalue weighted by atomic mass is 9.96. The first kappa shape index (κ1) is 22.7. The summed E-state index contributed by atoms with van der Waals surface area (Å²) in [5, 5.41) is 13.9. The second-order valence-corrected chi connectivity index (χ2v) is 8.95. The van der Waals surface area contributed by atoms with Crippen LogP contribution in [0.2, 0.25) is 0 Å². The highest BCUT2D eigenvalue weighted by Crippen LogP contribution is 2.42. The normalized spacial score (nSPS) is 17.4. The molecule has 7 nitrogen and oxygen atoms in total. The molecule has 0 saturated carbocycles. The van der Waals surface area contributed by atoms with Gasteiger partial charge in [0.2, 0.25) is 0 Å². The predicted molar refractivity (Wildman–Crippen MR) is 137 cm³/mol. The van der Waals surface area contributed by atoms with E-state index in [1.807, 2.05) is 66.9 Å². The summed E-state index contributed by atoms with van der Waals surface area (Å²) in [6.07, 6.45) is 3.56. The second-order valence-electron chi connectivity index (χ2n) is 8.56. The number of benzene rings is 1. The van der Waals surface area contributed by atoms with Crippen molar-refractivity contribution in [3.8, 4) is 5.69 Å². The van der Waals surface area contributed by atoms with Crippen LogP contribution in [-0.2, 0) is 6.54 Å². The van der Waals surface area contributed by atoms with Gasteiger partial charge in [0.05, 0.1) is 41.3 Å². The third-order valence-electron chi connectivity index (χ3n) is 6.42. The summed E-state index contributed by atoms with van der Waals surface area (Å²) in [6.45, 7) is 4.56. The third-order valence-corrected chi connectivity index (χ3v) is 6.77. The highest BCUT2D eigenvalue weighted by Gasteiger charge is 2.41. The minimum atomic E-state index is -0.957. The molecule has 0 unspecified atom stereocenters. The summed E-state index contributed by atoms with van der Waals surface area (Å²) in [4.78, 5) is 23.2. The Morgan fingerprint density at radius 2 is 1.74 bits per heavy atom. The second kappa shape index (κ2) is 9.31. The molecule has 2 atom stereocenters. The van der Waals surface area contributed by atoms with E-state index in [0.29, 0.717) is 17.3 Å². The zero-order valence-electron chi connectivity index (χ0n) is 19.4. The van der Waals surface area contributed by atoms with Gasteiger partial charge < -0.3 is 19.9 Å². The summed E-state index contributed by atoms with van der Waals surface area (Å²) >= 11 is 5.80. The molecule has 4 aromatic rings. The molecule has 1 aromatic carbocycles. The zero-order valence-corrected chi connectivity index (χ0v) is 20.2. The summed E-state index contributed by atoms with van der Waals surface area (Å²) < 4.78 is 2.01. The number of carboxylic acid groups (broad SMARTS) is 1. The van der Waals surface area contributed by atoms with E-state index in [2.05, 4.69) is 26.3 Å². The topological polar surface area (TPSA) is 83.3 Å². The fourth-order valence-corrected chi connectivity index (χ4v) is 5.19. The fraction of sp³-hybridized carbons (Fsp3) is 0.185. The van der Waals surface area contributed by atoms with E-state index in [9.17, 15) is 9.90 Å². The van der Waals surface area contributed by atoms with Crippen molar-refractivity contribution in [2.45, 2.75) is 32.5 Å². The average Bonchev–Trinajstić information content (AvgIpc) is 3.35. The predicted octanol–water partition coefficient (Wildman–Crippen LogP) is 4.76. The lowest BCUT2D eigenvalue weighted by Crippen LogP contribution is -2.29. The molecular weight excluding hydrogens is 458 g/mol. The van der Waals surface area contributed by atoms with Crippen LogP contribution in [-0.4, -0.2) is 35.6 Å². The van der Waals surface area contributed by atoms with Gasteiger partial charge in [-0.05, 0) is 74.1 Å². The maximum Gasteiger partial charge on any atom is 0.337 e. The molecule has 1 aliphatic heterocycles. The monoisotopic (exact) mass is 483 g/mol. The maximum atomic E-state index is 12.0. The standard InChI is InChI=1S/C27H25N5O2S/c1-17-15-21(18(2)32(17)23-12-4-3-10-20(23)26(33)34)25-24(22-11-6-8-14-29-22)30-27(35)31(25)16-19-9-5-7-13-28-19/h3-15,24-25H,16H2,1-2H3,(H,30,35)(H,33,34)/t24-,25-/m0/s1. The van der Waals surface area contributed by atoms with Gasteiger partial charge in [0, 0.05) is 23.8 Å². The Labute approximate surface area is 209 Å². The van der Waals surface area contributed by atoms with E-state index in [4.69, 9.17) is 12.2 Å². The zero-order chi connectivity index (χ0) is 24.5. The Bertz CT molecular complexity index is 1390. The van der Waals surface area contributed by atoms with Crippen LogP contribution in [0.25, 0.3) is 5.69 Å². The smallest absolute Gasteiger partial charge is 0.337 e. The van der Waals surface area contributed by atoms with Crippen LogP contribution in [0.4, 0.5) is 0 Å². The van der Waals surface area contributed by atoms with Gasteiger partial charge in [-0.3, -0.25) is 9.97 Å². The minimum absolute atomic E-state index is 0.156. The Morgan fingerprint density at radius 3 is 2.43 bits per heavy atom.